The minimum absolute atomic E-state index is 0. The Kier molecular flexibility index (Phi) is 8.84. The molecule has 4 aliphatic rings. The van der Waals surface area contributed by atoms with Gasteiger partial charge in [-0.15, -0.1) is 12.4 Å². The maximum atomic E-state index is 12.4. The lowest BCUT2D eigenvalue weighted by atomic mass is 9.43. The summed E-state index contributed by atoms with van der Waals surface area (Å²) in [6.07, 6.45) is 14.8. The summed E-state index contributed by atoms with van der Waals surface area (Å²) < 4.78 is 6.01. The largest absolute Gasteiger partial charge is 0.461 e. The lowest BCUT2D eigenvalue weighted by Crippen LogP contribution is -2.56. The molecule has 37 heavy (non-hydrogen) atoms. The van der Waals surface area contributed by atoms with Crippen molar-refractivity contribution in [2.75, 3.05) is 0 Å². The first-order valence-corrected chi connectivity index (χ1v) is 15.0. The molecule has 0 aromatic heterocycles. The molecule has 1 unspecified atom stereocenters. The van der Waals surface area contributed by atoms with Crippen molar-refractivity contribution in [1.29, 1.82) is 0 Å². The second-order valence-corrected chi connectivity index (χ2v) is 14.8. The van der Waals surface area contributed by atoms with E-state index in [2.05, 4.69) is 61.5 Å². The van der Waals surface area contributed by atoms with Gasteiger partial charge in [-0.25, -0.2) is 0 Å². The number of fused-ring (bicyclic) bond motifs is 4. The third-order valence-electron chi connectivity index (χ3n) is 12.2. The molecule has 0 aromatic rings. The van der Waals surface area contributed by atoms with Crippen molar-refractivity contribution in [3.05, 3.63) is 22.8 Å². The fraction of sp³-hybridized carbons (Fsp3) is 0.848. The van der Waals surface area contributed by atoms with Gasteiger partial charge in [0.2, 0.25) is 0 Å². The van der Waals surface area contributed by atoms with E-state index in [-0.39, 0.29) is 35.3 Å². The van der Waals surface area contributed by atoms with Crippen LogP contribution in [0.4, 0.5) is 0 Å². The van der Waals surface area contributed by atoms with E-state index in [4.69, 9.17) is 10.5 Å². The third kappa shape index (κ3) is 4.88. The highest BCUT2D eigenvalue weighted by Gasteiger charge is 2.63. The average Bonchev–Trinajstić information content (AvgIpc) is 3.06. The molecule has 3 nitrogen and oxygen atoms in total. The van der Waals surface area contributed by atoms with Crippen LogP contribution >= 0.6 is 12.4 Å². The molecular formula is C33H56ClNO2. The summed E-state index contributed by atoms with van der Waals surface area (Å²) in [6, 6.07) is -0.550. The number of hydrogen-bond acceptors (Lipinski definition) is 3. The summed E-state index contributed by atoms with van der Waals surface area (Å²) >= 11 is 0. The average molecular weight is 534 g/mol. The van der Waals surface area contributed by atoms with Crippen molar-refractivity contribution in [3.8, 4) is 0 Å². The second kappa shape index (κ2) is 10.6. The van der Waals surface area contributed by atoms with Gasteiger partial charge < -0.3 is 10.5 Å². The van der Waals surface area contributed by atoms with Crippen molar-refractivity contribution < 1.29 is 9.53 Å². The van der Waals surface area contributed by atoms with Gasteiger partial charge in [0, 0.05) is 5.41 Å². The van der Waals surface area contributed by atoms with E-state index < -0.39 is 6.04 Å². The minimum atomic E-state index is -0.550. The fourth-order valence-electron chi connectivity index (χ4n) is 9.91. The Morgan fingerprint density at radius 3 is 2.30 bits per heavy atom. The van der Waals surface area contributed by atoms with Gasteiger partial charge in [0.25, 0.3) is 0 Å². The zero-order chi connectivity index (χ0) is 26.7. The minimum Gasteiger partial charge on any atom is -0.461 e. The van der Waals surface area contributed by atoms with Crippen molar-refractivity contribution in [2.24, 2.45) is 45.1 Å². The van der Waals surface area contributed by atoms with Gasteiger partial charge in [-0.05, 0) is 119 Å². The van der Waals surface area contributed by atoms with Crippen LogP contribution in [0.1, 0.15) is 127 Å². The van der Waals surface area contributed by atoms with E-state index in [0.29, 0.717) is 16.7 Å². The van der Waals surface area contributed by atoms with Gasteiger partial charge in [-0.2, -0.15) is 0 Å². The first-order valence-electron chi connectivity index (χ1n) is 15.0. The molecule has 4 aliphatic carbocycles. The van der Waals surface area contributed by atoms with Crippen LogP contribution < -0.4 is 5.73 Å². The number of hydrogen-bond donors (Lipinski definition) is 1. The Morgan fingerprint density at radius 1 is 1.00 bits per heavy atom. The molecule has 2 saturated carbocycles. The monoisotopic (exact) mass is 533 g/mol. The number of carbonyl (C=O) groups is 1. The van der Waals surface area contributed by atoms with E-state index in [9.17, 15) is 4.79 Å². The van der Waals surface area contributed by atoms with Crippen LogP contribution in [0.2, 0.25) is 0 Å². The summed E-state index contributed by atoms with van der Waals surface area (Å²) in [6.45, 7) is 21.3. The quantitative estimate of drug-likeness (QED) is 0.274. The molecule has 0 radical (unpaired) electrons. The van der Waals surface area contributed by atoms with Gasteiger partial charge in [-0.3, -0.25) is 4.79 Å². The lowest BCUT2D eigenvalue weighted by molar-refractivity contribution is -0.170. The maximum absolute atomic E-state index is 12.4. The fourth-order valence-corrected chi connectivity index (χ4v) is 9.91. The highest BCUT2D eigenvalue weighted by Crippen LogP contribution is 2.72. The van der Waals surface area contributed by atoms with Crippen LogP contribution in [0.25, 0.3) is 0 Å². The predicted molar refractivity (Wildman–Crippen MR) is 158 cm³/mol. The van der Waals surface area contributed by atoms with E-state index in [1.165, 1.54) is 56.9 Å². The molecule has 4 heteroatoms. The van der Waals surface area contributed by atoms with Crippen LogP contribution in [-0.2, 0) is 9.53 Å². The SMILES string of the molecule is CC(C)=CCC[C@@H](C)[C@H]1CC[C@@]2(C)C3=C(CC[C@]12C)[C@@]1(C)CC[C@H](OC(=O)[C@H](C)N)C(C)(C)C1CC3.Cl. The molecule has 0 aromatic carbocycles. The standard InChI is InChI=1S/C33H55NO2.ClH/c1-21(2)11-10-12-22(3)24-15-19-33(9)26-13-14-27-30(5,6)28(36-29(35)23(4)34)17-18-31(27,7)25(26)16-20-32(24,33)8;/h11,22-24,27-28H,10,12-20,34H2,1-9H3;1H/t22-,23+,24-,27?,28+,31-,32-,33+;/m1./s1. The Balaban J connectivity index is 0.00000380. The molecule has 0 spiro atoms. The first kappa shape index (κ1) is 30.7. The van der Waals surface area contributed by atoms with Crippen LogP contribution in [0.15, 0.2) is 22.8 Å². The normalized spacial score (nSPS) is 39.9. The molecule has 0 aliphatic heterocycles. The van der Waals surface area contributed by atoms with Gasteiger partial charge in [0.1, 0.15) is 12.1 Å². The zero-order valence-corrected chi connectivity index (χ0v) is 26.2. The van der Waals surface area contributed by atoms with Crippen molar-refractivity contribution in [3.63, 3.8) is 0 Å². The molecule has 0 saturated heterocycles. The maximum Gasteiger partial charge on any atom is 0.322 e. The third-order valence-corrected chi connectivity index (χ3v) is 12.2. The Hall–Kier alpha value is -0.800. The number of rotatable bonds is 6. The Labute approximate surface area is 234 Å². The van der Waals surface area contributed by atoms with E-state index in [1.54, 1.807) is 6.92 Å². The molecule has 0 amide bonds. The smallest absolute Gasteiger partial charge is 0.322 e. The van der Waals surface area contributed by atoms with Crippen molar-refractivity contribution >= 4 is 18.4 Å². The summed E-state index contributed by atoms with van der Waals surface area (Å²) in [5.74, 6) is 1.92. The molecular weight excluding hydrogens is 478 g/mol. The number of halogens is 1. The number of allylic oxidation sites excluding steroid dienone is 4. The van der Waals surface area contributed by atoms with Crippen LogP contribution in [0, 0.1) is 39.4 Å². The molecule has 2 fully saturated rings. The highest BCUT2D eigenvalue weighted by atomic mass is 35.5. The van der Waals surface area contributed by atoms with Crippen LogP contribution in [0.3, 0.4) is 0 Å². The van der Waals surface area contributed by atoms with E-state index in [1.807, 2.05) is 11.1 Å². The second-order valence-electron chi connectivity index (χ2n) is 14.8. The summed E-state index contributed by atoms with van der Waals surface area (Å²) in [4.78, 5) is 12.4. The molecule has 2 N–H and O–H groups in total. The molecule has 8 atom stereocenters. The summed E-state index contributed by atoms with van der Waals surface area (Å²) in [5, 5.41) is 0. The van der Waals surface area contributed by atoms with Crippen molar-refractivity contribution in [2.45, 2.75) is 139 Å². The van der Waals surface area contributed by atoms with Gasteiger partial charge in [0.05, 0.1) is 0 Å². The van der Waals surface area contributed by atoms with Crippen LogP contribution in [-0.4, -0.2) is 18.1 Å². The number of ether oxygens (including phenoxy) is 1. The Bertz CT molecular complexity index is 931. The molecule has 212 valence electrons. The van der Waals surface area contributed by atoms with Gasteiger partial charge in [-0.1, -0.05) is 64.3 Å². The zero-order valence-electron chi connectivity index (χ0n) is 25.3. The topological polar surface area (TPSA) is 52.3 Å². The number of nitrogens with two attached hydrogens (primary N) is 1. The molecule has 4 rings (SSSR count). The first-order chi connectivity index (χ1) is 16.7. The van der Waals surface area contributed by atoms with E-state index >= 15 is 0 Å². The van der Waals surface area contributed by atoms with E-state index in [0.717, 1.165) is 24.7 Å². The predicted octanol–water partition coefficient (Wildman–Crippen LogP) is 8.80. The van der Waals surface area contributed by atoms with Gasteiger partial charge >= 0.3 is 5.97 Å². The lowest BCUT2D eigenvalue weighted by Gasteiger charge is -2.62. The van der Waals surface area contributed by atoms with Crippen LogP contribution in [0.5, 0.6) is 0 Å². The highest BCUT2D eigenvalue weighted by molar-refractivity contribution is 5.85. The number of esters is 1. The summed E-state index contributed by atoms with van der Waals surface area (Å²) in [7, 11) is 0. The van der Waals surface area contributed by atoms with Gasteiger partial charge in [0.15, 0.2) is 0 Å². The van der Waals surface area contributed by atoms with Crippen molar-refractivity contribution in [1.82, 2.24) is 0 Å². The number of carbonyl (C=O) groups excluding carboxylic acids is 1. The Morgan fingerprint density at radius 2 is 1.68 bits per heavy atom. The molecule has 0 bridgehead atoms. The summed E-state index contributed by atoms with van der Waals surface area (Å²) in [5.41, 5.74) is 11.9. The molecule has 0 heterocycles.